The van der Waals surface area contributed by atoms with E-state index in [2.05, 4.69) is 21.2 Å². The van der Waals surface area contributed by atoms with Crippen LogP contribution in [0.3, 0.4) is 0 Å². The van der Waals surface area contributed by atoms with Crippen molar-refractivity contribution in [2.75, 3.05) is 26.2 Å². The van der Waals surface area contributed by atoms with E-state index in [1.807, 2.05) is 4.90 Å². The molecular formula is C15H18BrClF6N2. The Morgan fingerprint density at radius 1 is 1.04 bits per heavy atom. The summed E-state index contributed by atoms with van der Waals surface area (Å²) in [6.07, 6.45) is -10.2. The normalized spacial score (nSPS) is 17.9. The molecule has 0 aliphatic carbocycles. The topological polar surface area (TPSA) is 15.3 Å². The third-order valence-electron chi connectivity index (χ3n) is 3.93. The van der Waals surface area contributed by atoms with E-state index in [0.717, 1.165) is 12.1 Å². The van der Waals surface area contributed by atoms with E-state index < -0.39 is 30.4 Å². The zero-order chi connectivity index (χ0) is 18.0. The molecule has 0 spiro atoms. The van der Waals surface area contributed by atoms with Gasteiger partial charge in [-0.25, -0.2) is 0 Å². The second-order valence-electron chi connectivity index (χ2n) is 5.73. The van der Waals surface area contributed by atoms with Crippen LogP contribution in [0.15, 0.2) is 22.7 Å². The summed E-state index contributed by atoms with van der Waals surface area (Å²) in [7, 11) is 0. The van der Waals surface area contributed by atoms with Gasteiger partial charge in [-0.15, -0.1) is 12.4 Å². The second-order valence-corrected chi connectivity index (χ2v) is 6.64. The highest BCUT2D eigenvalue weighted by Crippen LogP contribution is 2.37. The van der Waals surface area contributed by atoms with Crippen molar-refractivity contribution >= 4 is 28.3 Å². The molecule has 1 atom stereocenters. The summed E-state index contributed by atoms with van der Waals surface area (Å²) >= 11 is 3.04. The van der Waals surface area contributed by atoms with Gasteiger partial charge in [0.1, 0.15) is 0 Å². The number of rotatable bonds is 4. The first kappa shape index (κ1) is 22.5. The summed E-state index contributed by atoms with van der Waals surface area (Å²) in [5, 5.41) is 3.09. The van der Waals surface area contributed by atoms with Crippen molar-refractivity contribution in [3.8, 4) is 0 Å². The molecule has 1 heterocycles. The number of nitrogens with zero attached hydrogens (tertiary/aromatic N) is 1. The van der Waals surface area contributed by atoms with Gasteiger partial charge >= 0.3 is 12.4 Å². The van der Waals surface area contributed by atoms with Crippen LogP contribution in [0, 0.1) is 0 Å². The first-order valence-corrected chi connectivity index (χ1v) is 8.25. The fourth-order valence-electron chi connectivity index (χ4n) is 2.82. The highest BCUT2D eigenvalue weighted by Gasteiger charge is 2.34. The lowest BCUT2D eigenvalue weighted by Crippen LogP contribution is -2.45. The van der Waals surface area contributed by atoms with Gasteiger partial charge in [0.2, 0.25) is 0 Å². The van der Waals surface area contributed by atoms with Crippen LogP contribution in [0.2, 0.25) is 0 Å². The molecule has 144 valence electrons. The van der Waals surface area contributed by atoms with Crippen molar-refractivity contribution in [2.24, 2.45) is 0 Å². The quantitative estimate of drug-likeness (QED) is 0.630. The van der Waals surface area contributed by atoms with Gasteiger partial charge in [0.25, 0.3) is 0 Å². The molecule has 10 heteroatoms. The molecule has 2 nitrogen and oxygen atoms in total. The molecule has 0 amide bonds. The zero-order valence-corrected chi connectivity index (χ0v) is 15.5. The van der Waals surface area contributed by atoms with Crippen LogP contribution in [-0.4, -0.2) is 37.3 Å². The second kappa shape index (κ2) is 8.92. The van der Waals surface area contributed by atoms with E-state index in [1.165, 1.54) is 6.07 Å². The molecule has 1 saturated heterocycles. The lowest BCUT2D eigenvalue weighted by molar-refractivity contribution is -0.140. The van der Waals surface area contributed by atoms with E-state index in [9.17, 15) is 26.3 Å². The Morgan fingerprint density at radius 2 is 1.64 bits per heavy atom. The van der Waals surface area contributed by atoms with E-state index in [-0.39, 0.29) is 28.9 Å². The lowest BCUT2D eigenvalue weighted by Gasteiger charge is -2.36. The van der Waals surface area contributed by atoms with Gasteiger partial charge < -0.3 is 5.32 Å². The number of hydrogen-bond acceptors (Lipinski definition) is 2. The summed E-state index contributed by atoms with van der Waals surface area (Å²) in [5.41, 5.74) is -0.609. The van der Waals surface area contributed by atoms with Gasteiger partial charge in [0.05, 0.1) is 5.56 Å². The third-order valence-corrected chi connectivity index (χ3v) is 4.38. The van der Waals surface area contributed by atoms with Crippen LogP contribution < -0.4 is 5.32 Å². The molecule has 0 aromatic heterocycles. The number of nitrogens with one attached hydrogen (secondary N) is 1. The number of alkyl halides is 6. The summed E-state index contributed by atoms with van der Waals surface area (Å²) in [6.45, 7) is 2.19. The molecule has 1 aromatic carbocycles. The SMILES string of the molecule is Cl.FC(F)(F)CC[C@H](c1cc(Br)cc(C(F)(F)F)c1)N1CCNCC1. The molecular weight excluding hydrogens is 438 g/mol. The maximum Gasteiger partial charge on any atom is 0.416 e. The predicted molar refractivity (Wildman–Crippen MR) is 88.9 cm³/mol. The van der Waals surface area contributed by atoms with Crippen molar-refractivity contribution in [1.29, 1.82) is 0 Å². The monoisotopic (exact) mass is 454 g/mol. The van der Waals surface area contributed by atoms with E-state index in [1.54, 1.807) is 0 Å². The maximum atomic E-state index is 13.0. The molecule has 1 N–H and O–H groups in total. The van der Waals surface area contributed by atoms with Crippen molar-refractivity contribution in [2.45, 2.75) is 31.2 Å². The van der Waals surface area contributed by atoms with Gasteiger partial charge in [-0.2, -0.15) is 26.3 Å². The highest BCUT2D eigenvalue weighted by molar-refractivity contribution is 9.10. The van der Waals surface area contributed by atoms with Gasteiger partial charge in [-0.3, -0.25) is 4.90 Å². The fourth-order valence-corrected chi connectivity index (χ4v) is 3.33. The Hall–Kier alpha value is -0.510. The molecule has 25 heavy (non-hydrogen) atoms. The summed E-state index contributed by atoms with van der Waals surface area (Å²) in [5.74, 6) is 0. The Kier molecular flexibility index (Phi) is 8.04. The molecule has 0 saturated carbocycles. The number of piperazine rings is 1. The molecule has 1 aliphatic heterocycles. The third kappa shape index (κ3) is 6.96. The summed E-state index contributed by atoms with van der Waals surface area (Å²) in [6, 6.07) is 2.65. The lowest BCUT2D eigenvalue weighted by atomic mass is 9.97. The first-order valence-electron chi connectivity index (χ1n) is 7.45. The molecule has 2 rings (SSSR count). The van der Waals surface area contributed by atoms with Crippen LogP contribution in [0.5, 0.6) is 0 Å². The molecule has 0 unspecified atom stereocenters. The van der Waals surface area contributed by atoms with Gasteiger partial charge in [0.15, 0.2) is 0 Å². The van der Waals surface area contributed by atoms with Crippen LogP contribution in [0.4, 0.5) is 26.3 Å². The minimum absolute atomic E-state index is 0. The highest BCUT2D eigenvalue weighted by atomic mass is 79.9. The smallest absolute Gasteiger partial charge is 0.314 e. The Morgan fingerprint density at radius 3 is 2.16 bits per heavy atom. The van der Waals surface area contributed by atoms with Crippen LogP contribution in [0.1, 0.15) is 30.0 Å². The molecule has 1 aromatic rings. The van der Waals surface area contributed by atoms with Gasteiger partial charge in [-0.1, -0.05) is 15.9 Å². The largest absolute Gasteiger partial charge is 0.416 e. The van der Waals surface area contributed by atoms with Crippen molar-refractivity contribution in [3.05, 3.63) is 33.8 Å². The standard InChI is InChI=1S/C15H17BrF6N2.ClH/c16-12-8-10(7-11(9-12)15(20,21)22)13(1-2-14(17,18)19)24-5-3-23-4-6-24;/h7-9,13,23H,1-6H2;1H/t13-;/m1./s1. The van der Waals surface area contributed by atoms with E-state index >= 15 is 0 Å². The minimum Gasteiger partial charge on any atom is -0.314 e. The van der Waals surface area contributed by atoms with Crippen molar-refractivity contribution in [3.63, 3.8) is 0 Å². The van der Waals surface area contributed by atoms with Crippen molar-refractivity contribution in [1.82, 2.24) is 10.2 Å². The predicted octanol–water partition coefficient (Wildman–Crippen LogP) is 5.18. The van der Waals surface area contributed by atoms with Crippen LogP contribution in [-0.2, 0) is 6.18 Å². The fraction of sp³-hybridized carbons (Fsp3) is 0.600. The number of halogens is 8. The van der Waals surface area contributed by atoms with E-state index in [0.29, 0.717) is 26.2 Å². The average molecular weight is 456 g/mol. The number of benzene rings is 1. The summed E-state index contributed by atoms with van der Waals surface area (Å²) in [4.78, 5) is 1.81. The first-order chi connectivity index (χ1) is 11.1. The molecule has 0 bridgehead atoms. The van der Waals surface area contributed by atoms with Gasteiger partial charge in [-0.05, 0) is 30.2 Å². The number of hydrogen-bond donors (Lipinski definition) is 1. The Balaban J connectivity index is 0.00000312. The molecule has 0 radical (unpaired) electrons. The summed E-state index contributed by atoms with van der Waals surface area (Å²) < 4.78 is 77.1. The van der Waals surface area contributed by atoms with Crippen LogP contribution >= 0.6 is 28.3 Å². The zero-order valence-electron chi connectivity index (χ0n) is 13.1. The van der Waals surface area contributed by atoms with E-state index in [4.69, 9.17) is 0 Å². The molecule has 1 aliphatic rings. The van der Waals surface area contributed by atoms with Crippen LogP contribution in [0.25, 0.3) is 0 Å². The maximum absolute atomic E-state index is 13.0. The van der Waals surface area contributed by atoms with Crippen molar-refractivity contribution < 1.29 is 26.3 Å². The Labute approximate surface area is 156 Å². The van der Waals surface area contributed by atoms with Gasteiger partial charge in [0, 0.05) is 43.1 Å². The average Bonchev–Trinajstić information content (AvgIpc) is 2.46. The molecule has 1 fully saturated rings. The minimum atomic E-state index is -4.55. The Bertz CT molecular complexity index is 558.